The van der Waals surface area contributed by atoms with Crippen LogP contribution in [0.15, 0.2) is 72.8 Å². The molecule has 2 aromatic carbocycles. The van der Waals surface area contributed by atoms with Crippen LogP contribution in [0.25, 0.3) is 0 Å². The quantitative estimate of drug-likeness (QED) is 0.618. The zero-order chi connectivity index (χ0) is 19.1. The summed E-state index contributed by atoms with van der Waals surface area (Å²) in [6.45, 7) is 2.01. The minimum absolute atomic E-state index is 0.0811. The van der Waals surface area contributed by atoms with Crippen LogP contribution in [-0.4, -0.2) is 16.9 Å². The average Bonchev–Trinajstić information content (AvgIpc) is 2.71. The van der Waals surface area contributed by atoms with Crippen molar-refractivity contribution >= 4 is 11.9 Å². The second-order valence-corrected chi connectivity index (χ2v) is 6.01. The molecule has 1 aromatic heterocycles. The molecule has 1 heterocycles. The standard InChI is InChI=1S/C22H19NO4/c1-16-12-19(21(24)26-14-17-8-4-2-5-9-17)13-20(23-16)22(25)27-15-18-10-6-3-7-11-18/h2-13H,14-15H2,1H3. The Hall–Kier alpha value is -3.47. The first kappa shape index (κ1) is 18.3. The van der Waals surface area contributed by atoms with Crippen LogP contribution in [0, 0.1) is 6.92 Å². The largest absolute Gasteiger partial charge is 0.457 e. The number of aromatic nitrogens is 1. The Morgan fingerprint density at radius 2 is 1.30 bits per heavy atom. The van der Waals surface area contributed by atoms with E-state index in [4.69, 9.17) is 9.47 Å². The van der Waals surface area contributed by atoms with E-state index in [0.29, 0.717) is 5.69 Å². The van der Waals surface area contributed by atoms with Crippen LogP contribution in [0.5, 0.6) is 0 Å². The van der Waals surface area contributed by atoms with E-state index < -0.39 is 11.9 Å². The van der Waals surface area contributed by atoms with E-state index in [0.717, 1.165) is 11.1 Å². The summed E-state index contributed by atoms with van der Waals surface area (Å²) in [7, 11) is 0. The van der Waals surface area contributed by atoms with Crippen LogP contribution >= 0.6 is 0 Å². The molecular weight excluding hydrogens is 342 g/mol. The Labute approximate surface area is 157 Å². The van der Waals surface area contributed by atoms with Gasteiger partial charge in [0.15, 0.2) is 0 Å². The van der Waals surface area contributed by atoms with Crippen LogP contribution in [0.3, 0.4) is 0 Å². The molecule has 0 atom stereocenters. The van der Waals surface area contributed by atoms with E-state index in [9.17, 15) is 9.59 Å². The highest BCUT2D eigenvalue weighted by Gasteiger charge is 2.16. The smallest absolute Gasteiger partial charge is 0.357 e. The van der Waals surface area contributed by atoms with Crippen molar-refractivity contribution in [1.29, 1.82) is 0 Å². The van der Waals surface area contributed by atoms with Crippen LogP contribution in [-0.2, 0) is 22.7 Å². The molecule has 0 amide bonds. The fourth-order valence-electron chi connectivity index (χ4n) is 2.49. The van der Waals surface area contributed by atoms with Gasteiger partial charge in [-0.15, -0.1) is 0 Å². The fourth-order valence-corrected chi connectivity index (χ4v) is 2.49. The highest BCUT2D eigenvalue weighted by atomic mass is 16.5. The van der Waals surface area contributed by atoms with Crippen LogP contribution in [0.4, 0.5) is 0 Å². The molecular formula is C22H19NO4. The molecule has 3 aromatic rings. The summed E-state index contributed by atoms with van der Waals surface area (Å²) in [5.41, 5.74) is 2.65. The minimum atomic E-state index is -0.584. The van der Waals surface area contributed by atoms with Crippen molar-refractivity contribution in [3.8, 4) is 0 Å². The van der Waals surface area contributed by atoms with Gasteiger partial charge in [0.1, 0.15) is 18.9 Å². The van der Waals surface area contributed by atoms with Crippen molar-refractivity contribution in [2.24, 2.45) is 0 Å². The van der Waals surface area contributed by atoms with E-state index in [-0.39, 0.29) is 24.5 Å². The molecule has 3 rings (SSSR count). The Morgan fingerprint density at radius 1 is 0.778 bits per heavy atom. The van der Waals surface area contributed by atoms with Gasteiger partial charge in [0.25, 0.3) is 0 Å². The number of hydrogen-bond acceptors (Lipinski definition) is 5. The van der Waals surface area contributed by atoms with Gasteiger partial charge in [-0.2, -0.15) is 0 Å². The second kappa shape index (κ2) is 8.76. The summed E-state index contributed by atoms with van der Waals surface area (Å²) < 4.78 is 10.6. The lowest BCUT2D eigenvalue weighted by Crippen LogP contribution is -2.12. The number of carbonyl (C=O) groups is 2. The first-order chi connectivity index (χ1) is 13.1. The van der Waals surface area contributed by atoms with Gasteiger partial charge in [0.2, 0.25) is 0 Å². The van der Waals surface area contributed by atoms with Crippen molar-refractivity contribution in [2.75, 3.05) is 0 Å². The van der Waals surface area contributed by atoms with E-state index in [2.05, 4.69) is 4.98 Å². The monoisotopic (exact) mass is 361 g/mol. The Balaban J connectivity index is 1.66. The topological polar surface area (TPSA) is 65.5 Å². The molecule has 0 saturated carbocycles. The van der Waals surface area contributed by atoms with Crippen molar-refractivity contribution in [1.82, 2.24) is 4.98 Å². The molecule has 0 aliphatic heterocycles. The van der Waals surface area contributed by atoms with Crippen molar-refractivity contribution < 1.29 is 19.1 Å². The van der Waals surface area contributed by atoms with Gasteiger partial charge in [-0.1, -0.05) is 60.7 Å². The van der Waals surface area contributed by atoms with E-state index in [1.165, 1.54) is 6.07 Å². The number of ether oxygens (including phenoxy) is 2. The van der Waals surface area contributed by atoms with Gasteiger partial charge < -0.3 is 9.47 Å². The summed E-state index contributed by atoms with van der Waals surface area (Å²) in [6, 6.07) is 21.7. The highest BCUT2D eigenvalue weighted by molar-refractivity contribution is 5.94. The molecule has 27 heavy (non-hydrogen) atoms. The third-order valence-corrected chi connectivity index (χ3v) is 3.82. The predicted octanol–water partition coefficient (Wildman–Crippen LogP) is 4.10. The maximum absolute atomic E-state index is 12.3. The Bertz CT molecular complexity index is 850. The Morgan fingerprint density at radius 3 is 1.85 bits per heavy atom. The van der Waals surface area contributed by atoms with E-state index >= 15 is 0 Å². The van der Waals surface area contributed by atoms with Gasteiger partial charge >= 0.3 is 11.9 Å². The Kier molecular flexibility index (Phi) is 5.94. The van der Waals surface area contributed by atoms with E-state index in [1.54, 1.807) is 13.0 Å². The summed E-state index contributed by atoms with van der Waals surface area (Å²) in [5, 5.41) is 0. The minimum Gasteiger partial charge on any atom is -0.457 e. The maximum Gasteiger partial charge on any atom is 0.357 e. The third kappa shape index (κ3) is 5.25. The molecule has 136 valence electrons. The van der Waals surface area contributed by atoms with Crippen LogP contribution < -0.4 is 0 Å². The first-order valence-electron chi connectivity index (χ1n) is 8.52. The maximum atomic E-state index is 12.3. The van der Waals surface area contributed by atoms with Gasteiger partial charge in [0, 0.05) is 5.69 Å². The van der Waals surface area contributed by atoms with Crippen molar-refractivity contribution in [3.05, 3.63) is 101 Å². The van der Waals surface area contributed by atoms with Crippen LogP contribution in [0.1, 0.15) is 37.7 Å². The first-order valence-corrected chi connectivity index (χ1v) is 8.52. The normalized spacial score (nSPS) is 10.3. The highest BCUT2D eigenvalue weighted by Crippen LogP contribution is 2.12. The van der Waals surface area contributed by atoms with Gasteiger partial charge in [-0.05, 0) is 30.2 Å². The van der Waals surface area contributed by atoms with Gasteiger partial charge in [-0.3, -0.25) is 0 Å². The predicted molar refractivity (Wildman–Crippen MR) is 100 cm³/mol. The molecule has 0 radical (unpaired) electrons. The van der Waals surface area contributed by atoms with Crippen molar-refractivity contribution in [2.45, 2.75) is 20.1 Å². The molecule has 0 N–H and O–H groups in total. The third-order valence-electron chi connectivity index (χ3n) is 3.82. The lowest BCUT2D eigenvalue weighted by Gasteiger charge is -2.08. The number of benzene rings is 2. The zero-order valence-electron chi connectivity index (χ0n) is 14.9. The molecule has 0 unspecified atom stereocenters. The number of nitrogens with zero attached hydrogens (tertiary/aromatic N) is 1. The van der Waals surface area contributed by atoms with Gasteiger partial charge in [-0.25, -0.2) is 14.6 Å². The summed E-state index contributed by atoms with van der Waals surface area (Å²) in [4.78, 5) is 28.8. The molecule has 0 bridgehead atoms. The van der Waals surface area contributed by atoms with E-state index in [1.807, 2.05) is 60.7 Å². The summed E-state index contributed by atoms with van der Waals surface area (Å²) in [6.07, 6.45) is 0. The SMILES string of the molecule is Cc1cc(C(=O)OCc2ccccc2)cc(C(=O)OCc2ccccc2)n1. The number of rotatable bonds is 6. The molecule has 0 spiro atoms. The second-order valence-electron chi connectivity index (χ2n) is 6.01. The lowest BCUT2D eigenvalue weighted by atomic mass is 10.2. The zero-order valence-corrected chi connectivity index (χ0v) is 14.9. The average molecular weight is 361 g/mol. The number of pyridine rings is 1. The van der Waals surface area contributed by atoms with Crippen LogP contribution in [0.2, 0.25) is 0 Å². The van der Waals surface area contributed by atoms with Crippen molar-refractivity contribution in [3.63, 3.8) is 0 Å². The molecule has 5 heteroatoms. The molecule has 5 nitrogen and oxygen atoms in total. The molecule has 0 aliphatic rings. The number of aryl methyl sites for hydroxylation is 1. The summed E-state index contributed by atoms with van der Waals surface area (Å²) in [5.74, 6) is -1.10. The molecule has 0 saturated heterocycles. The molecule has 0 fully saturated rings. The fraction of sp³-hybridized carbons (Fsp3) is 0.136. The molecule has 0 aliphatic carbocycles. The number of hydrogen-bond donors (Lipinski definition) is 0. The number of esters is 2. The number of carbonyl (C=O) groups excluding carboxylic acids is 2. The van der Waals surface area contributed by atoms with Gasteiger partial charge in [0.05, 0.1) is 5.56 Å². The summed E-state index contributed by atoms with van der Waals surface area (Å²) >= 11 is 0. The lowest BCUT2D eigenvalue weighted by molar-refractivity contribution is 0.0464.